The highest BCUT2D eigenvalue weighted by Gasteiger charge is 2.12. The fourth-order valence-electron chi connectivity index (χ4n) is 2.31. The van der Waals surface area contributed by atoms with Crippen molar-refractivity contribution in [3.05, 3.63) is 74.2 Å². The van der Waals surface area contributed by atoms with E-state index in [1.165, 1.54) is 16.9 Å². The second-order valence-electron chi connectivity index (χ2n) is 5.63. The number of anilines is 1. The van der Waals surface area contributed by atoms with Gasteiger partial charge in [0.05, 0.1) is 5.69 Å². The molecule has 1 N–H and O–H groups in total. The van der Waals surface area contributed by atoms with E-state index in [4.69, 9.17) is 16.3 Å². The van der Waals surface area contributed by atoms with Crippen LogP contribution in [-0.2, 0) is 11.2 Å². The first kappa shape index (κ1) is 18.9. The minimum atomic E-state index is -0.247. The van der Waals surface area contributed by atoms with Crippen molar-refractivity contribution in [3.8, 4) is 5.75 Å². The zero-order valence-corrected chi connectivity index (χ0v) is 17.1. The number of thiazole rings is 1. The first-order valence-electron chi connectivity index (χ1n) is 7.88. The van der Waals surface area contributed by atoms with Crippen molar-refractivity contribution in [2.75, 3.05) is 11.9 Å². The maximum atomic E-state index is 12.1. The van der Waals surface area contributed by atoms with Gasteiger partial charge in [-0.1, -0.05) is 39.7 Å². The molecule has 0 radical (unpaired) electrons. The number of halogens is 2. The lowest BCUT2D eigenvalue weighted by atomic mass is 10.1. The summed E-state index contributed by atoms with van der Waals surface area (Å²) in [4.78, 5) is 17.6. The quantitative estimate of drug-likeness (QED) is 0.540. The summed E-state index contributed by atoms with van der Waals surface area (Å²) in [5.41, 5.74) is 2.11. The highest BCUT2D eigenvalue weighted by atomic mass is 79.9. The third-order valence-corrected chi connectivity index (χ3v) is 5.39. The van der Waals surface area contributed by atoms with Crippen LogP contribution in [0, 0.1) is 6.92 Å². The fourth-order valence-corrected chi connectivity index (χ4v) is 3.90. The van der Waals surface area contributed by atoms with Crippen LogP contribution in [0.25, 0.3) is 0 Å². The summed E-state index contributed by atoms with van der Waals surface area (Å²) >= 11 is 10.8. The van der Waals surface area contributed by atoms with Gasteiger partial charge in [-0.15, -0.1) is 11.3 Å². The van der Waals surface area contributed by atoms with Gasteiger partial charge in [-0.2, -0.15) is 0 Å². The highest BCUT2D eigenvalue weighted by Crippen LogP contribution is 2.26. The number of carbonyl (C=O) groups excluding carboxylic acids is 1. The number of rotatable bonds is 6. The van der Waals surface area contributed by atoms with Gasteiger partial charge >= 0.3 is 0 Å². The van der Waals surface area contributed by atoms with Crippen molar-refractivity contribution in [2.24, 2.45) is 0 Å². The van der Waals surface area contributed by atoms with Crippen molar-refractivity contribution in [2.45, 2.75) is 13.3 Å². The number of ether oxygens (including phenoxy) is 1. The minimum Gasteiger partial charge on any atom is -0.484 e. The van der Waals surface area contributed by atoms with E-state index in [0.717, 1.165) is 21.5 Å². The SMILES string of the molecule is Cc1nc(NC(=O)COc2ccc(Cl)cc2)sc1Cc1cccc(Br)c1. The van der Waals surface area contributed by atoms with Crippen molar-refractivity contribution in [3.63, 3.8) is 0 Å². The molecule has 1 aromatic heterocycles. The molecule has 7 heteroatoms. The van der Waals surface area contributed by atoms with Crippen LogP contribution in [-0.4, -0.2) is 17.5 Å². The molecule has 0 fully saturated rings. The average molecular weight is 452 g/mol. The molecule has 0 saturated carbocycles. The molecule has 0 unspecified atom stereocenters. The maximum absolute atomic E-state index is 12.1. The average Bonchev–Trinajstić information content (AvgIpc) is 2.93. The summed E-state index contributed by atoms with van der Waals surface area (Å²) in [5.74, 6) is 0.345. The van der Waals surface area contributed by atoms with Gasteiger partial charge in [0.2, 0.25) is 0 Å². The summed E-state index contributed by atoms with van der Waals surface area (Å²) < 4.78 is 6.49. The third kappa shape index (κ3) is 5.30. The van der Waals surface area contributed by atoms with Gasteiger partial charge in [-0.05, 0) is 48.9 Å². The van der Waals surface area contributed by atoms with E-state index in [-0.39, 0.29) is 12.5 Å². The molecule has 0 spiro atoms. The second kappa shape index (κ2) is 8.66. The van der Waals surface area contributed by atoms with E-state index in [2.05, 4.69) is 38.4 Å². The van der Waals surface area contributed by atoms with Gasteiger partial charge in [-0.3, -0.25) is 10.1 Å². The van der Waals surface area contributed by atoms with Crippen LogP contribution < -0.4 is 10.1 Å². The molecule has 134 valence electrons. The van der Waals surface area contributed by atoms with Crippen LogP contribution in [0.15, 0.2) is 53.0 Å². The fraction of sp³-hybridized carbons (Fsp3) is 0.158. The van der Waals surface area contributed by atoms with Gasteiger partial charge < -0.3 is 4.74 Å². The molecule has 0 aliphatic carbocycles. The summed E-state index contributed by atoms with van der Waals surface area (Å²) in [7, 11) is 0. The van der Waals surface area contributed by atoms with Crippen LogP contribution in [0.2, 0.25) is 5.02 Å². The Hall–Kier alpha value is -1.89. The first-order valence-corrected chi connectivity index (χ1v) is 9.87. The van der Waals surface area contributed by atoms with E-state index in [1.54, 1.807) is 24.3 Å². The van der Waals surface area contributed by atoms with Gasteiger partial charge in [-0.25, -0.2) is 4.98 Å². The molecule has 0 bridgehead atoms. The molecule has 3 aromatic rings. The van der Waals surface area contributed by atoms with Crippen LogP contribution >= 0.6 is 38.9 Å². The molecule has 1 heterocycles. The summed E-state index contributed by atoms with van der Waals surface area (Å²) in [5, 5.41) is 3.99. The molecule has 4 nitrogen and oxygen atoms in total. The number of benzene rings is 2. The van der Waals surface area contributed by atoms with Crippen molar-refractivity contribution >= 4 is 49.9 Å². The van der Waals surface area contributed by atoms with Gasteiger partial charge in [0.15, 0.2) is 11.7 Å². The Bertz CT molecular complexity index is 912. The first-order chi connectivity index (χ1) is 12.5. The highest BCUT2D eigenvalue weighted by molar-refractivity contribution is 9.10. The summed E-state index contributed by atoms with van der Waals surface area (Å²) in [6.07, 6.45) is 0.778. The number of hydrogen-bond acceptors (Lipinski definition) is 4. The summed E-state index contributed by atoms with van der Waals surface area (Å²) in [6, 6.07) is 15.0. The largest absolute Gasteiger partial charge is 0.484 e. The minimum absolute atomic E-state index is 0.0821. The maximum Gasteiger partial charge on any atom is 0.264 e. The van der Waals surface area contributed by atoms with Gasteiger partial charge in [0.1, 0.15) is 5.75 Å². The standard InChI is InChI=1S/C19H16BrClN2O2S/c1-12-17(10-13-3-2-4-14(20)9-13)26-19(22-12)23-18(24)11-25-16-7-5-15(21)6-8-16/h2-9H,10-11H2,1H3,(H,22,23,24). The Morgan fingerprint density at radius 2 is 2.04 bits per heavy atom. The third-order valence-electron chi connectivity index (χ3n) is 3.58. The van der Waals surface area contributed by atoms with Crippen molar-refractivity contribution < 1.29 is 9.53 Å². The number of nitrogens with one attached hydrogen (secondary N) is 1. The zero-order chi connectivity index (χ0) is 18.5. The number of hydrogen-bond donors (Lipinski definition) is 1. The number of amides is 1. The predicted molar refractivity (Wildman–Crippen MR) is 109 cm³/mol. The second-order valence-corrected chi connectivity index (χ2v) is 8.06. The smallest absolute Gasteiger partial charge is 0.264 e. The van der Waals surface area contributed by atoms with Crippen LogP contribution in [0.3, 0.4) is 0 Å². The molecule has 1 amide bonds. The Morgan fingerprint density at radius 3 is 2.77 bits per heavy atom. The summed E-state index contributed by atoms with van der Waals surface area (Å²) in [6.45, 7) is 1.87. The Labute approximate surface area is 169 Å². The normalized spacial score (nSPS) is 10.6. The number of carbonyl (C=O) groups is 1. The molecule has 0 aliphatic heterocycles. The Kier molecular flexibility index (Phi) is 6.29. The van der Waals surface area contributed by atoms with Crippen molar-refractivity contribution in [1.29, 1.82) is 0 Å². The van der Waals surface area contributed by atoms with E-state index < -0.39 is 0 Å². The van der Waals surface area contributed by atoms with Crippen LogP contribution in [0.1, 0.15) is 16.1 Å². The van der Waals surface area contributed by atoms with E-state index in [0.29, 0.717) is 15.9 Å². The van der Waals surface area contributed by atoms with Crippen molar-refractivity contribution in [1.82, 2.24) is 4.98 Å². The topological polar surface area (TPSA) is 51.2 Å². The predicted octanol–water partition coefficient (Wildman–Crippen LogP) is 5.48. The molecular formula is C19H16BrClN2O2S. The zero-order valence-electron chi connectivity index (χ0n) is 14.0. The molecule has 3 rings (SSSR count). The monoisotopic (exact) mass is 450 g/mol. The number of nitrogens with zero attached hydrogens (tertiary/aromatic N) is 1. The lowest BCUT2D eigenvalue weighted by molar-refractivity contribution is -0.118. The lowest BCUT2D eigenvalue weighted by Gasteiger charge is -2.05. The van der Waals surface area contributed by atoms with Crippen LogP contribution in [0.5, 0.6) is 5.75 Å². The number of aryl methyl sites for hydroxylation is 1. The Balaban J connectivity index is 1.58. The molecule has 0 saturated heterocycles. The van der Waals surface area contributed by atoms with E-state index in [1.807, 2.05) is 19.1 Å². The van der Waals surface area contributed by atoms with E-state index in [9.17, 15) is 4.79 Å². The van der Waals surface area contributed by atoms with Crippen LogP contribution in [0.4, 0.5) is 5.13 Å². The molecule has 26 heavy (non-hydrogen) atoms. The Morgan fingerprint density at radius 1 is 1.27 bits per heavy atom. The molecule has 0 aliphatic rings. The lowest BCUT2D eigenvalue weighted by Crippen LogP contribution is -2.20. The molecule has 0 atom stereocenters. The molecule has 2 aromatic carbocycles. The van der Waals surface area contributed by atoms with E-state index >= 15 is 0 Å². The van der Waals surface area contributed by atoms with Gasteiger partial charge in [0, 0.05) is 20.8 Å². The number of aromatic nitrogens is 1. The molecular weight excluding hydrogens is 436 g/mol. The van der Waals surface area contributed by atoms with Gasteiger partial charge in [0.25, 0.3) is 5.91 Å².